The molecular formula is C16H20ClN5O. The van der Waals surface area contributed by atoms with Crippen molar-refractivity contribution in [3.8, 4) is 0 Å². The molecule has 1 aliphatic heterocycles. The fourth-order valence-electron chi connectivity index (χ4n) is 2.88. The summed E-state index contributed by atoms with van der Waals surface area (Å²) < 4.78 is 1.71. The highest BCUT2D eigenvalue weighted by atomic mass is 35.5. The summed E-state index contributed by atoms with van der Waals surface area (Å²) >= 11 is 5.85. The molecule has 2 aromatic rings. The fraction of sp³-hybridized carbons (Fsp3) is 0.438. The number of aromatic nitrogens is 3. The Bertz CT molecular complexity index is 669. The van der Waals surface area contributed by atoms with Gasteiger partial charge in [0.1, 0.15) is 0 Å². The highest BCUT2D eigenvalue weighted by Gasteiger charge is 2.22. The number of likely N-dealkylation sites (tertiary alicyclic amines) is 1. The van der Waals surface area contributed by atoms with Gasteiger partial charge in [-0.15, -0.1) is 5.10 Å². The van der Waals surface area contributed by atoms with Crippen molar-refractivity contribution in [2.75, 3.05) is 13.1 Å². The molecule has 0 bridgehead atoms. The van der Waals surface area contributed by atoms with Crippen LogP contribution in [0.15, 0.2) is 30.5 Å². The molecule has 0 saturated carbocycles. The molecule has 1 aliphatic rings. The number of carbonyl (C=O) groups excluding carboxylic acids is 1. The van der Waals surface area contributed by atoms with Gasteiger partial charge >= 0.3 is 0 Å². The summed E-state index contributed by atoms with van der Waals surface area (Å²) in [6, 6.07) is 7.12. The normalized spacial score (nSPS) is 18.8. The van der Waals surface area contributed by atoms with Crippen LogP contribution >= 0.6 is 11.6 Å². The van der Waals surface area contributed by atoms with E-state index in [1.165, 1.54) is 0 Å². The van der Waals surface area contributed by atoms with E-state index >= 15 is 0 Å². The van der Waals surface area contributed by atoms with Crippen molar-refractivity contribution >= 4 is 17.5 Å². The maximum absolute atomic E-state index is 12.3. The van der Waals surface area contributed by atoms with Crippen molar-refractivity contribution in [3.05, 3.63) is 46.7 Å². The lowest BCUT2D eigenvalue weighted by Gasteiger charge is -2.32. The molecule has 1 unspecified atom stereocenters. The van der Waals surface area contributed by atoms with Crippen LogP contribution in [0.5, 0.6) is 0 Å². The Balaban J connectivity index is 1.55. The van der Waals surface area contributed by atoms with Crippen LogP contribution in [0.3, 0.4) is 0 Å². The van der Waals surface area contributed by atoms with Gasteiger partial charge in [0.05, 0.1) is 5.69 Å². The molecule has 3 rings (SSSR count). The summed E-state index contributed by atoms with van der Waals surface area (Å²) in [6.45, 7) is 2.61. The number of aryl methyl sites for hydroxylation is 1. The number of piperidine rings is 1. The Hall–Kier alpha value is -1.92. The fourth-order valence-corrected chi connectivity index (χ4v) is 3.01. The standard InChI is InChI=1S/C16H20ClN5O/c1-21-9-15(19-20-21)11-22-8-2-3-14(10-22)18-16(23)12-4-6-13(17)7-5-12/h4-7,9,14H,2-3,8,10-11H2,1H3,(H,18,23). The number of hydrogen-bond acceptors (Lipinski definition) is 4. The lowest BCUT2D eigenvalue weighted by atomic mass is 10.0. The van der Waals surface area contributed by atoms with Gasteiger partial charge in [-0.25, -0.2) is 0 Å². The van der Waals surface area contributed by atoms with Crippen molar-refractivity contribution in [2.24, 2.45) is 7.05 Å². The molecule has 7 heteroatoms. The van der Waals surface area contributed by atoms with Crippen molar-refractivity contribution in [3.63, 3.8) is 0 Å². The summed E-state index contributed by atoms with van der Waals surface area (Å²) in [7, 11) is 1.86. The zero-order valence-corrected chi connectivity index (χ0v) is 13.8. The van der Waals surface area contributed by atoms with Crippen LogP contribution in [0.4, 0.5) is 0 Å². The van der Waals surface area contributed by atoms with E-state index < -0.39 is 0 Å². The van der Waals surface area contributed by atoms with Crippen LogP contribution < -0.4 is 5.32 Å². The first-order valence-electron chi connectivity index (χ1n) is 7.74. The molecule has 23 heavy (non-hydrogen) atoms. The van der Waals surface area contributed by atoms with E-state index in [1.54, 1.807) is 28.9 Å². The third-order valence-corrected chi connectivity index (χ3v) is 4.23. The van der Waals surface area contributed by atoms with Crippen molar-refractivity contribution in [1.82, 2.24) is 25.2 Å². The molecular weight excluding hydrogens is 314 g/mol. The molecule has 1 atom stereocenters. The Morgan fingerprint density at radius 3 is 2.87 bits per heavy atom. The monoisotopic (exact) mass is 333 g/mol. The van der Waals surface area contributed by atoms with Crippen molar-refractivity contribution in [2.45, 2.75) is 25.4 Å². The number of rotatable bonds is 4. The van der Waals surface area contributed by atoms with Gasteiger partial charge in [0, 0.05) is 43.0 Å². The second-order valence-electron chi connectivity index (χ2n) is 5.94. The van der Waals surface area contributed by atoms with Crippen LogP contribution in [0, 0.1) is 0 Å². The van der Waals surface area contributed by atoms with E-state index in [4.69, 9.17) is 11.6 Å². The number of nitrogens with one attached hydrogen (secondary N) is 1. The molecule has 0 radical (unpaired) electrons. The molecule has 1 amide bonds. The van der Waals surface area contributed by atoms with E-state index in [1.807, 2.05) is 13.2 Å². The molecule has 1 N–H and O–H groups in total. The highest BCUT2D eigenvalue weighted by Crippen LogP contribution is 2.14. The Labute approximate surface area is 140 Å². The summed E-state index contributed by atoms with van der Waals surface area (Å²) in [5.41, 5.74) is 1.60. The first-order chi connectivity index (χ1) is 11.1. The predicted octanol–water partition coefficient (Wildman–Crippen LogP) is 1.86. The van der Waals surface area contributed by atoms with Crippen LogP contribution in [-0.2, 0) is 13.6 Å². The van der Waals surface area contributed by atoms with Gasteiger partial charge in [0.15, 0.2) is 0 Å². The molecule has 122 valence electrons. The molecule has 1 saturated heterocycles. The van der Waals surface area contributed by atoms with Gasteiger partial charge in [0.2, 0.25) is 0 Å². The summed E-state index contributed by atoms with van der Waals surface area (Å²) in [5.74, 6) is -0.0481. The summed E-state index contributed by atoms with van der Waals surface area (Å²) in [6.07, 6.45) is 3.98. The molecule has 1 fully saturated rings. The molecule has 2 heterocycles. The van der Waals surface area contributed by atoms with E-state index in [0.29, 0.717) is 10.6 Å². The number of amides is 1. The van der Waals surface area contributed by atoms with Gasteiger partial charge in [-0.1, -0.05) is 16.8 Å². The van der Waals surface area contributed by atoms with Gasteiger partial charge < -0.3 is 5.32 Å². The van der Waals surface area contributed by atoms with Crippen LogP contribution in [0.2, 0.25) is 5.02 Å². The lowest BCUT2D eigenvalue weighted by molar-refractivity contribution is 0.0900. The third kappa shape index (κ3) is 4.30. The highest BCUT2D eigenvalue weighted by molar-refractivity contribution is 6.30. The SMILES string of the molecule is Cn1cc(CN2CCCC(NC(=O)c3ccc(Cl)cc3)C2)nn1. The van der Waals surface area contributed by atoms with Crippen molar-refractivity contribution < 1.29 is 4.79 Å². The second-order valence-corrected chi connectivity index (χ2v) is 6.37. The van der Waals surface area contributed by atoms with Crippen LogP contribution in [-0.4, -0.2) is 44.9 Å². The van der Waals surface area contributed by atoms with E-state index in [2.05, 4.69) is 20.5 Å². The maximum atomic E-state index is 12.3. The number of carbonyl (C=O) groups is 1. The second kappa shape index (κ2) is 7.10. The zero-order chi connectivity index (χ0) is 16.2. The number of benzene rings is 1. The van der Waals surface area contributed by atoms with E-state index in [9.17, 15) is 4.79 Å². The summed E-state index contributed by atoms with van der Waals surface area (Å²) in [5, 5.41) is 11.8. The molecule has 0 spiro atoms. The lowest BCUT2D eigenvalue weighted by Crippen LogP contribution is -2.47. The topological polar surface area (TPSA) is 63.0 Å². The smallest absolute Gasteiger partial charge is 0.251 e. The van der Waals surface area contributed by atoms with Gasteiger partial charge in [0.25, 0.3) is 5.91 Å². The van der Waals surface area contributed by atoms with Gasteiger partial charge in [-0.2, -0.15) is 0 Å². The van der Waals surface area contributed by atoms with E-state index in [-0.39, 0.29) is 11.9 Å². The average Bonchev–Trinajstić information content (AvgIpc) is 2.93. The molecule has 0 aliphatic carbocycles. The Morgan fingerprint density at radius 1 is 1.39 bits per heavy atom. The first kappa shape index (κ1) is 16.0. The molecule has 6 nitrogen and oxygen atoms in total. The minimum Gasteiger partial charge on any atom is -0.348 e. The van der Waals surface area contributed by atoms with Crippen LogP contribution in [0.25, 0.3) is 0 Å². The molecule has 1 aromatic carbocycles. The predicted molar refractivity (Wildman–Crippen MR) is 88.2 cm³/mol. The minimum atomic E-state index is -0.0481. The maximum Gasteiger partial charge on any atom is 0.251 e. The van der Waals surface area contributed by atoms with Gasteiger partial charge in [-0.05, 0) is 43.7 Å². The zero-order valence-electron chi connectivity index (χ0n) is 13.1. The minimum absolute atomic E-state index is 0.0481. The summed E-state index contributed by atoms with van der Waals surface area (Å²) in [4.78, 5) is 14.6. The number of hydrogen-bond donors (Lipinski definition) is 1. The number of halogens is 1. The Morgan fingerprint density at radius 2 is 2.17 bits per heavy atom. The third-order valence-electron chi connectivity index (χ3n) is 3.98. The quantitative estimate of drug-likeness (QED) is 0.927. The Kier molecular flexibility index (Phi) is 4.93. The largest absolute Gasteiger partial charge is 0.348 e. The first-order valence-corrected chi connectivity index (χ1v) is 8.12. The average molecular weight is 334 g/mol. The van der Waals surface area contributed by atoms with Crippen LogP contribution in [0.1, 0.15) is 28.9 Å². The van der Waals surface area contributed by atoms with Crippen molar-refractivity contribution in [1.29, 1.82) is 0 Å². The molecule has 1 aromatic heterocycles. The van der Waals surface area contributed by atoms with E-state index in [0.717, 1.165) is 38.2 Å². The van der Waals surface area contributed by atoms with Gasteiger partial charge in [-0.3, -0.25) is 14.4 Å². The number of nitrogens with zero attached hydrogens (tertiary/aromatic N) is 4.